The van der Waals surface area contributed by atoms with Crippen LogP contribution in [-0.2, 0) is 0 Å². The van der Waals surface area contributed by atoms with Gasteiger partial charge in [0.15, 0.2) is 0 Å². The molecule has 0 spiro atoms. The molecule has 1 aliphatic heterocycles. The predicted molar refractivity (Wildman–Crippen MR) is 179 cm³/mol. The first-order chi connectivity index (χ1) is 21.2. The van der Waals surface area contributed by atoms with E-state index in [2.05, 4.69) is 150 Å². The summed E-state index contributed by atoms with van der Waals surface area (Å²) in [5.41, 5.74) is 20.5. The van der Waals surface area contributed by atoms with Gasteiger partial charge in [0.2, 0.25) is 0 Å². The fourth-order valence-corrected chi connectivity index (χ4v) is 7.08. The van der Waals surface area contributed by atoms with E-state index in [1.165, 1.54) is 38.4 Å². The van der Waals surface area contributed by atoms with Crippen molar-refractivity contribution in [2.45, 2.75) is 13.1 Å². The minimum Gasteiger partial charge on any atom is -0.321 e. The van der Waals surface area contributed by atoms with E-state index in [0.29, 0.717) is 0 Å². The molecule has 0 radical (unpaired) electrons. The van der Waals surface area contributed by atoms with Gasteiger partial charge in [-0.15, -0.1) is 0 Å². The largest absolute Gasteiger partial charge is 0.321 e. The van der Waals surface area contributed by atoms with Gasteiger partial charge in [0.25, 0.3) is 0 Å². The zero-order valence-corrected chi connectivity index (χ0v) is 23.7. The van der Waals surface area contributed by atoms with Crippen LogP contribution in [0, 0.1) is 6.92 Å². The molecule has 0 fully saturated rings. The number of aryl methyl sites for hydroxylation is 1. The molecule has 4 nitrogen and oxygen atoms in total. The van der Waals surface area contributed by atoms with E-state index in [1.54, 1.807) is 0 Å². The van der Waals surface area contributed by atoms with E-state index in [-0.39, 0.29) is 6.17 Å². The van der Waals surface area contributed by atoms with Gasteiger partial charge in [-0.05, 0) is 76.5 Å². The van der Waals surface area contributed by atoms with Crippen LogP contribution in [0.4, 0.5) is 11.4 Å². The van der Waals surface area contributed by atoms with Gasteiger partial charge >= 0.3 is 0 Å². The number of para-hydroxylation sites is 2. The number of hydrogen-bond acceptors (Lipinski definition) is 3. The molecule has 3 heterocycles. The first-order valence-electron chi connectivity index (χ1n) is 14.7. The van der Waals surface area contributed by atoms with Crippen LogP contribution in [0.3, 0.4) is 0 Å². The van der Waals surface area contributed by atoms with Crippen LogP contribution >= 0.6 is 0 Å². The Balaban J connectivity index is 1.18. The quantitative estimate of drug-likeness (QED) is 0.217. The molecule has 43 heavy (non-hydrogen) atoms. The fraction of sp³-hybridized carbons (Fsp3) is 0.0513. The van der Waals surface area contributed by atoms with Crippen molar-refractivity contribution in [1.29, 1.82) is 0 Å². The summed E-state index contributed by atoms with van der Waals surface area (Å²) in [5, 5.41) is 3.63. The number of pyridine rings is 1. The van der Waals surface area contributed by atoms with Crippen molar-refractivity contribution < 1.29 is 0 Å². The molecule has 1 unspecified atom stereocenters. The zero-order valence-electron chi connectivity index (χ0n) is 23.7. The third-order valence-electron chi connectivity index (χ3n) is 9.06. The van der Waals surface area contributed by atoms with Crippen molar-refractivity contribution in [2.75, 3.05) is 4.90 Å². The van der Waals surface area contributed by atoms with Crippen LogP contribution in [0.25, 0.3) is 60.6 Å². The second-order valence-corrected chi connectivity index (χ2v) is 11.5. The lowest BCUT2D eigenvalue weighted by Crippen LogP contribution is -2.34. The second kappa shape index (κ2) is 9.02. The van der Waals surface area contributed by atoms with Crippen LogP contribution < -0.4 is 10.6 Å². The predicted octanol–water partition coefficient (Wildman–Crippen LogP) is 9.55. The molecule has 0 saturated carbocycles. The summed E-state index contributed by atoms with van der Waals surface area (Å²) in [6, 6.07) is 47.5. The number of nitrogens with two attached hydrogens (primary N) is 1. The summed E-state index contributed by atoms with van der Waals surface area (Å²) in [5.74, 6) is 0. The number of nitrogens with zero attached hydrogens (tertiary/aromatic N) is 3. The molecule has 204 valence electrons. The van der Waals surface area contributed by atoms with Crippen LogP contribution in [0.5, 0.6) is 0 Å². The molecule has 0 amide bonds. The highest BCUT2D eigenvalue weighted by molar-refractivity contribution is 6.13. The van der Waals surface area contributed by atoms with Crippen molar-refractivity contribution in [2.24, 2.45) is 5.73 Å². The van der Waals surface area contributed by atoms with Crippen LogP contribution in [0.2, 0.25) is 0 Å². The Hall–Kier alpha value is -5.45. The monoisotopic (exact) mass is 552 g/mol. The second-order valence-electron chi connectivity index (χ2n) is 11.5. The van der Waals surface area contributed by atoms with E-state index < -0.39 is 0 Å². The number of fused-ring (bicyclic) bond motifs is 11. The fourth-order valence-electron chi connectivity index (χ4n) is 7.08. The van der Waals surface area contributed by atoms with Gasteiger partial charge in [-0.3, -0.25) is 4.40 Å². The SMILES string of the molecule is Cc1cc(-c2ccc3c(c2)nc2c4ccccc4c4ccccc4n32)ccc1N1c2ccccc2-c2ccccc2C1N. The molecular weight excluding hydrogens is 524 g/mol. The summed E-state index contributed by atoms with van der Waals surface area (Å²) >= 11 is 0. The number of hydrogen-bond donors (Lipinski definition) is 1. The van der Waals surface area contributed by atoms with E-state index in [1.807, 2.05) is 0 Å². The summed E-state index contributed by atoms with van der Waals surface area (Å²) in [7, 11) is 0. The lowest BCUT2D eigenvalue weighted by Gasteiger charge is -2.39. The van der Waals surface area contributed by atoms with Gasteiger partial charge in [0, 0.05) is 22.0 Å². The molecular formula is C39H28N4. The van der Waals surface area contributed by atoms with E-state index >= 15 is 0 Å². The number of aromatic nitrogens is 2. The Morgan fingerprint density at radius 2 is 1.26 bits per heavy atom. The van der Waals surface area contributed by atoms with E-state index in [9.17, 15) is 0 Å². The van der Waals surface area contributed by atoms with E-state index in [4.69, 9.17) is 10.7 Å². The first kappa shape index (κ1) is 24.2. The highest BCUT2D eigenvalue weighted by Gasteiger charge is 2.30. The molecule has 1 atom stereocenters. The van der Waals surface area contributed by atoms with E-state index in [0.717, 1.165) is 44.7 Å². The Bertz CT molecular complexity index is 2400. The maximum atomic E-state index is 6.95. The normalized spacial score (nSPS) is 14.5. The van der Waals surface area contributed by atoms with Gasteiger partial charge in [-0.1, -0.05) is 97.1 Å². The van der Waals surface area contributed by atoms with Crippen molar-refractivity contribution in [3.05, 3.63) is 145 Å². The molecule has 4 heteroatoms. The lowest BCUT2D eigenvalue weighted by atomic mass is 9.90. The minimum atomic E-state index is -0.269. The summed E-state index contributed by atoms with van der Waals surface area (Å²) in [6.45, 7) is 2.18. The van der Waals surface area contributed by atoms with Crippen LogP contribution in [0.15, 0.2) is 133 Å². The number of rotatable bonds is 2. The summed E-state index contributed by atoms with van der Waals surface area (Å²) in [6.07, 6.45) is -0.269. The summed E-state index contributed by atoms with van der Waals surface area (Å²) in [4.78, 5) is 7.46. The van der Waals surface area contributed by atoms with Crippen molar-refractivity contribution in [3.63, 3.8) is 0 Å². The maximum Gasteiger partial charge on any atom is 0.146 e. The van der Waals surface area contributed by atoms with Gasteiger partial charge in [0.05, 0.1) is 22.2 Å². The van der Waals surface area contributed by atoms with Crippen LogP contribution in [0.1, 0.15) is 17.3 Å². The van der Waals surface area contributed by atoms with Crippen molar-refractivity contribution in [3.8, 4) is 22.3 Å². The summed E-state index contributed by atoms with van der Waals surface area (Å²) < 4.78 is 2.30. The maximum absolute atomic E-state index is 6.95. The third-order valence-corrected chi connectivity index (χ3v) is 9.06. The van der Waals surface area contributed by atoms with Gasteiger partial charge < -0.3 is 10.6 Å². The molecule has 0 bridgehead atoms. The molecule has 8 aromatic rings. The average molecular weight is 553 g/mol. The van der Waals surface area contributed by atoms with Gasteiger partial charge in [0.1, 0.15) is 11.8 Å². The molecule has 9 rings (SSSR count). The van der Waals surface area contributed by atoms with Gasteiger partial charge in [-0.25, -0.2) is 4.98 Å². The number of benzene rings is 6. The highest BCUT2D eigenvalue weighted by Crippen LogP contribution is 2.47. The Kier molecular flexibility index (Phi) is 5.07. The number of imidazole rings is 1. The molecule has 0 saturated heterocycles. The average Bonchev–Trinajstić information content (AvgIpc) is 3.45. The van der Waals surface area contributed by atoms with Crippen molar-refractivity contribution in [1.82, 2.24) is 9.38 Å². The highest BCUT2D eigenvalue weighted by atomic mass is 15.2. The smallest absolute Gasteiger partial charge is 0.146 e. The molecule has 2 aromatic heterocycles. The standard InChI is InChI=1S/C39H28N4/c1-24-22-25(18-20-34(24)42-35-16-8-6-12-29(35)27-10-2-4-14-31(27)38(42)40)26-19-21-37-33(23-26)41-39-32-15-5-3-11-28(32)30-13-7-9-17-36(30)43(37)39/h2-23,38H,40H2,1H3. The Labute approximate surface area is 249 Å². The molecule has 2 N–H and O–H groups in total. The molecule has 0 aliphatic carbocycles. The van der Waals surface area contributed by atoms with Crippen LogP contribution in [-0.4, -0.2) is 9.38 Å². The minimum absolute atomic E-state index is 0.269. The third kappa shape index (κ3) is 3.44. The molecule has 1 aliphatic rings. The van der Waals surface area contributed by atoms with Crippen molar-refractivity contribution >= 4 is 49.7 Å². The lowest BCUT2D eigenvalue weighted by molar-refractivity contribution is 0.727. The zero-order chi connectivity index (χ0) is 28.7. The number of anilines is 2. The van der Waals surface area contributed by atoms with Gasteiger partial charge in [-0.2, -0.15) is 0 Å². The first-order valence-corrected chi connectivity index (χ1v) is 14.7. The Morgan fingerprint density at radius 1 is 0.581 bits per heavy atom. The molecule has 6 aromatic carbocycles. The Morgan fingerprint density at radius 3 is 2.12 bits per heavy atom. The topological polar surface area (TPSA) is 46.6 Å².